The molecule has 163 valence electrons. The Kier molecular flexibility index (Phi) is 11.1. The van der Waals surface area contributed by atoms with Crippen molar-refractivity contribution in [3.05, 3.63) is 127 Å². The van der Waals surface area contributed by atoms with Crippen LogP contribution in [0.5, 0.6) is 0 Å². The van der Waals surface area contributed by atoms with Gasteiger partial charge in [-0.1, -0.05) is 84.9 Å². The van der Waals surface area contributed by atoms with E-state index in [1.165, 1.54) is 21.5 Å². The van der Waals surface area contributed by atoms with Gasteiger partial charge in [-0.15, -0.1) is 0 Å². The van der Waals surface area contributed by atoms with Crippen molar-refractivity contribution in [2.45, 2.75) is 6.16 Å². The fourth-order valence-corrected chi connectivity index (χ4v) is 7.87. The van der Waals surface area contributed by atoms with Gasteiger partial charge in [0.05, 0.1) is 6.16 Å². The van der Waals surface area contributed by atoms with Crippen LogP contribution in [-0.2, 0) is 6.01 Å². The quantitative estimate of drug-likeness (QED) is 0.107. The zero-order valence-electron chi connectivity index (χ0n) is 16.6. The van der Waals surface area contributed by atoms with Gasteiger partial charge in [0.25, 0.3) is 0 Å². The van der Waals surface area contributed by atoms with Gasteiger partial charge in [-0.05, 0) is 42.0 Å². The molecule has 4 aromatic rings. The van der Waals surface area contributed by atoms with Crippen molar-refractivity contribution in [3.8, 4) is 0 Å². The molecule has 6 heteroatoms. The third-order valence-electron chi connectivity index (χ3n) is 4.85. The van der Waals surface area contributed by atoms with E-state index in [4.69, 9.17) is 0 Å². The summed E-state index contributed by atoms with van der Waals surface area (Å²) in [7, 11) is -1.78. The van der Waals surface area contributed by atoms with E-state index in [1.807, 2.05) is 0 Å². The Morgan fingerprint density at radius 1 is 0.452 bits per heavy atom. The normalized spacial score (nSPS) is 11.9. The second-order valence-electron chi connectivity index (χ2n) is 6.76. The molecule has 0 nitrogen and oxygen atoms in total. The first-order chi connectivity index (χ1) is 14.9. The maximum Gasteiger partial charge on any atom is 0.116 e. The summed E-state index contributed by atoms with van der Waals surface area (Å²) in [4.78, 5) is 0. The van der Waals surface area contributed by atoms with Crippen LogP contribution in [0, 0.1) is 0 Å². The maximum atomic E-state index is 2.46. The molecule has 0 atom stereocenters. The Labute approximate surface area is 233 Å². The first kappa shape index (κ1) is 26.4. The first-order valence-corrected chi connectivity index (χ1v) is 25.7. The second-order valence-corrected chi connectivity index (χ2v) is 66.2. The van der Waals surface area contributed by atoms with Crippen LogP contribution in [-0.4, -0.2) is 0 Å². The largest absolute Gasteiger partial charge is 0.116 e. The Morgan fingerprint density at radius 3 is 1.00 bits per heavy atom. The third-order valence-corrected chi connectivity index (χ3v) is 9.23. The number of hydrogen-bond donors (Lipinski definition) is 0. The molecule has 4 rings (SSSR count). The molecule has 0 unspecified atom stereocenters. The topological polar surface area (TPSA) is 0 Å². The summed E-state index contributed by atoms with van der Waals surface area (Å²) in [5, 5.41) is 4.30. The minimum Gasteiger partial charge on any atom is -0.0622 e. The van der Waals surface area contributed by atoms with Gasteiger partial charge in [0.1, 0.15) is 23.2 Å². The van der Waals surface area contributed by atoms with Crippen molar-refractivity contribution in [1.29, 1.82) is 0 Å². The Balaban J connectivity index is 0.000000491. The van der Waals surface area contributed by atoms with Gasteiger partial charge in [-0.25, -0.2) is 0 Å². The van der Waals surface area contributed by atoms with Crippen LogP contribution < -0.4 is 15.9 Å². The van der Waals surface area contributed by atoms with E-state index in [2.05, 4.69) is 203 Å². The van der Waals surface area contributed by atoms with Gasteiger partial charge in [-0.2, -0.15) is 0 Å². The summed E-state index contributed by atoms with van der Waals surface area (Å²) in [6, 6.07) is 44.0. The predicted octanol–water partition coefficient (Wildman–Crippen LogP) is 8.72. The van der Waals surface area contributed by atoms with E-state index >= 15 is 0 Å². The minimum absolute atomic E-state index is 0.620. The molecule has 0 aliphatic rings. The van der Waals surface area contributed by atoms with Crippen LogP contribution in [0.1, 0.15) is 5.56 Å². The van der Waals surface area contributed by atoms with Crippen molar-refractivity contribution < 1.29 is -0.154 Å². The fraction of sp³-hybridized carbons (Fsp3) is 0.0400. The molecule has 0 radical (unpaired) electrons. The summed E-state index contributed by atoms with van der Waals surface area (Å²) in [6.07, 6.45) is 1.03. The molecular formula is C25H22FeI4P. The minimum atomic E-state index is -1.78. The summed E-state index contributed by atoms with van der Waals surface area (Å²) in [6.45, 7) is 0. The molecular weight excluding hydrogens is 895 g/mol. The van der Waals surface area contributed by atoms with E-state index in [-0.39, 0.29) is 0 Å². The van der Waals surface area contributed by atoms with E-state index in [1.54, 1.807) is 0 Å². The van der Waals surface area contributed by atoms with Gasteiger partial charge < -0.3 is 0 Å². The van der Waals surface area contributed by atoms with E-state index in [0.717, 1.165) is 6.16 Å². The molecule has 0 spiro atoms. The molecule has 0 aliphatic heterocycles. The van der Waals surface area contributed by atoms with E-state index in [9.17, 15) is 0 Å². The smallest absolute Gasteiger partial charge is 0.0622 e. The molecule has 31 heavy (non-hydrogen) atoms. The Hall–Kier alpha value is 0.749. The van der Waals surface area contributed by atoms with Crippen LogP contribution in [0.25, 0.3) is 0 Å². The van der Waals surface area contributed by atoms with Crippen molar-refractivity contribution in [1.82, 2.24) is 0 Å². The molecule has 0 N–H and O–H groups in total. The summed E-state index contributed by atoms with van der Waals surface area (Å²) < 4.78 is -0.620. The van der Waals surface area contributed by atoms with Crippen LogP contribution in [0.4, 0.5) is 0 Å². The fourth-order valence-electron chi connectivity index (χ4n) is 3.63. The second kappa shape index (κ2) is 13.0. The molecule has 0 aliphatic carbocycles. The average molecular weight is 917 g/mol. The summed E-state index contributed by atoms with van der Waals surface area (Å²) in [5.41, 5.74) is 1.39. The van der Waals surface area contributed by atoms with E-state index < -0.39 is 7.11 Å². The standard InChI is InChI=1S/C25H22P.Fe.4HI/c1-5-13-22(14-6-1)21-26(23-15-7-2-8-16-23,24-17-9-3-10-18-24)25-19-11-4-12-20-25;;;;;/h1-20H,21H2;;4*1H/q+1;+3;;;;/p-4. The molecule has 0 amide bonds. The molecule has 0 saturated carbocycles. The molecule has 0 saturated heterocycles. The zero-order chi connectivity index (χ0) is 22.2. The summed E-state index contributed by atoms with van der Waals surface area (Å²) in [5.74, 6) is 0. The van der Waals surface area contributed by atoms with Gasteiger partial charge in [0.15, 0.2) is 0 Å². The Morgan fingerprint density at radius 2 is 0.710 bits per heavy atom. The van der Waals surface area contributed by atoms with Gasteiger partial charge in [0, 0.05) is 0 Å². The number of halogens is 4. The van der Waals surface area contributed by atoms with Crippen LogP contribution in [0.15, 0.2) is 121 Å². The maximum absolute atomic E-state index is 2.46. The predicted molar refractivity (Wildman–Crippen MR) is 171 cm³/mol. The third kappa shape index (κ3) is 8.18. The van der Waals surface area contributed by atoms with Crippen LogP contribution in [0.2, 0.25) is 0 Å². The number of benzene rings is 4. The van der Waals surface area contributed by atoms with Crippen LogP contribution >= 0.6 is 88.6 Å². The van der Waals surface area contributed by atoms with Gasteiger partial charge in [-0.3, -0.25) is 0 Å². The molecule has 0 aromatic heterocycles. The van der Waals surface area contributed by atoms with Crippen LogP contribution in [0.3, 0.4) is 0 Å². The first-order valence-electron chi connectivity index (χ1n) is 9.52. The van der Waals surface area contributed by atoms with E-state index in [0.29, 0.717) is 0 Å². The molecule has 0 fully saturated rings. The van der Waals surface area contributed by atoms with Crippen molar-refractivity contribution >= 4 is 105 Å². The molecule has 0 bridgehead atoms. The number of hydrogen-bond acceptors (Lipinski definition) is 0. The van der Waals surface area contributed by atoms with Crippen molar-refractivity contribution in [3.63, 3.8) is 0 Å². The average Bonchev–Trinajstić information content (AvgIpc) is 2.79. The Bertz CT molecular complexity index is 938. The SMILES string of the molecule is [I][Fe-]([I])([I])[I].c1ccc(C[P+](c2ccccc2)(c2ccccc2)c2ccccc2)cc1. The van der Waals surface area contributed by atoms with Crippen molar-refractivity contribution in [2.24, 2.45) is 0 Å². The van der Waals surface area contributed by atoms with Gasteiger partial charge in [0.2, 0.25) is 0 Å². The zero-order valence-corrected chi connectivity index (χ0v) is 27.2. The molecule has 4 aromatic carbocycles. The monoisotopic (exact) mass is 917 g/mol. The summed E-state index contributed by atoms with van der Waals surface area (Å²) >= 11 is 9.85. The van der Waals surface area contributed by atoms with Crippen molar-refractivity contribution in [2.75, 3.05) is 0 Å². The molecule has 0 heterocycles. The van der Waals surface area contributed by atoms with Gasteiger partial charge >= 0.3 is 81.2 Å². The number of rotatable bonds is 5.